The van der Waals surface area contributed by atoms with Gasteiger partial charge in [0.05, 0.1) is 0 Å². The van der Waals surface area contributed by atoms with E-state index in [1.807, 2.05) is 25.1 Å². The monoisotopic (exact) mass is 272 g/mol. The molecular weight excluding hydrogens is 256 g/mol. The molecule has 5 nitrogen and oxygen atoms in total. The molecule has 1 atom stereocenters. The van der Waals surface area contributed by atoms with E-state index in [9.17, 15) is 4.79 Å². The van der Waals surface area contributed by atoms with Crippen molar-refractivity contribution < 1.29 is 14.3 Å². The Morgan fingerprint density at radius 1 is 1.35 bits per heavy atom. The first kappa shape index (κ1) is 12.7. The average molecular weight is 272 g/mol. The van der Waals surface area contributed by atoms with Gasteiger partial charge in [-0.1, -0.05) is 19.1 Å². The number of carbonyl (C=O) groups is 1. The van der Waals surface area contributed by atoms with E-state index in [4.69, 9.17) is 9.47 Å². The van der Waals surface area contributed by atoms with Crippen LogP contribution in [0.1, 0.15) is 23.8 Å². The minimum Gasteiger partial charge on any atom is -0.485 e. The fourth-order valence-corrected chi connectivity index (χ4v) is 2.25. The molecular formula is C15H16N2O3. The molecule has 0 spiro atoms. The molecule has 1 aromatic carbocycles. The number of aryl methyl sites for hydroxylation is 1. The first-order valence-corrected chi connectivity index (χ1v) is 6.74. The zero-order valence-corrected chi connectivity index (χ0v) is 11.3. The van der Waals surface area contributed by atoms with Crippen molar-refractivity contribution in [1.29, 1.82) is 0 Å². The zero-order valence-electron chi connectivity index (χ0n) is 11.3. The highest BCUT2D eigenvalue weighted by atomic mass is 16.6. The Morgan fingerprint density at radius 2 is 2.15 bits per heavy atom. The molecule has 0 N–H and O–H groups in total. The Morgan fingerprint density at radius 3 is 2.95 bits per heavy atom. The fraction of sp³-hybridized carbons (Fsp3) is 0.333. The van der Waals surface area contributed by atoms with Crippen molar-refractivity contribution in [2.75, 3.05) is 6.61 Å². The second kappa shape index (κ2) is 5.36. The van der Waals surface area contributed by atoms with E-state index in [1.165, 1.54) is 0 Å². The largest absolute Gasteiger partial charge is 0.485 e. The number of para-hydroxylation sites is 2. The van der Waals surface area contributed by atoms with Gasteiger partial charge < -0.3 is 9.47 Å². The third-order valence-electron chi connectivity index (χ3n) is 3.21. The maximum absolute atomic E-state index is 12.5. The molecule has 1 aromatic heterocycles. The van der Waals surface area contributed by atoms with Gasteiger partial charge in [-0.3, -0.25) is 9.48 Å². The Bertz CT molecular complexity index is 621. The second-order valence-corrected chi connectivity index (χ2v) is 4.67. The molecule has 1 aliphatic heterocycles. The molecule has 0 bridgehead atoms. The van der Waals surface area contributed by atoms with E-state index in [2.05, 4.69) is 5.10 Å². The topological polar surface area (TPSA) is 53.4 Å². The van der Waals surface area contributed by atoms with Gasteiger partial charge in [-0.2, -0.15) is 5.10 Å². The number of benzene rings is 1. The van der Waals surface area contributed by atoms with Crippen molar-refractivity contribution in [3.05, 3.63) is 42.2 Å². The van der Waals surface area contributed by atoms with Crippen LogP contribution in [-0.4, -0.2) is 28.3 Å². The van der Waals surface area contributed by atoms with Crippen molar-refractivity contribution in [2.45, 2.75) is 26.0 Å². The lowest BCUT2D eigenvalue weighted by atomic mass is 10.1. The minimum atomic E-state index is -0.614. The van der Waals surface area contributed by atoms with Gasteiger partial charge in [0, 0.05) is 12.7 Å². The van der Waals surface area contributed by atoms with Gasteiger partial charge in [0.25, 0.3) is 0 Å². The molecule has 2 aromatic rings. The number of fused-ring (bicyclic) bond motifs is 1. The van der Waals surface area contributed by atoms with Crippen LogP contribution in [0.5, 0.6) is 11.5 Å². The Labute approximate surface area is 117 Å². The van der Waals surface area contributed by atoms with Crippen LogP contribution in [0.2, 0.25) is 0 Å². The molecule has 104 valence electrons. The van der Waals surface area contributed by atoms with Crippen molar-refractivity contribution in [2.24, 2.45) is 0 Å². The molecule has 1 unspecified atom stereocenters. The van der Waals surface area contributed by atoms with E-state index in [0.29, 0.717) is 17.2 Å². The molecule has 0 aliphatic carbocycles. The van der Waals surface area contributed by atoms with Gasteiger partial charge >= 0.3 is 0 Å². The summed E-state index contributed by atoms with van der Waals surface area (Å²) in [6.07, 6.45) is 1.95. The SMILES string of the molecule is CCCn1nccc1C(=O)C1COc2ccccc2O1. The lowest BCUT2D eigenvalue weighted by Gasteiger charge is -2.25. The Balaban J connectivity index is 1.80. The van der Waals surface area contributed by atoms with E-state index in [-0.39, 0.29) is 12.4 Å². The van der Waals surface area contributed by atoms with Crippen LogP contribution < -0.4 is 9.47 Å². The molecule has 3 rings (SSSR count). The van der Waals surface area contributed by atoms with E-state index >= 15 is 0 Å². The molecule has 20 heavy (non-hydrogen) atoms. The number of carbonyl (C=O) groups excluding carboxylic acids is 1. The third kappa shape index (κ3) is 2.27. The summed E-state index contributed by atoms with van der Waals surface area (Å²) in [6, 6.07) is 9.09. The fourth-order valence-electron chi connectivity index (χ4n) is 2.25. The van der Waals surface area contributed by atoms with Gasteiger partial charge in [-0.15, -0.1) is 0 Å². The average Bonchev–Trinajstić information content (AvgIpc) is 2.94. The summed E-state index contributed by atoms with van der Waals surface area (Å²) in [5.74, 6) is 1.20. The smallest absolute Gasteiger partial charge is 0.224 e. The van der Waals surface area contributed by atoms with E-state index in [1.54, 1.807) is 23.0 Å². The third-order valence-corrected chi connectivity index (χ3v) is 3.21. The molecule has 0 saturated carbocycles. The molecule has 0 fully saturated rings. The van der Waals surface area contributed by atoms with Crippen molar-refractivity contribution in [1.82, 2.24) is 9.78 Å². The van der Waals surface area contributed by atoms with Crippen LogP contribution >= 0.6 is 0 Å². The normalized spacial score (nSPS) is 16.9. The molecule has 0 amide bonds. The summed E-state index contributed by atoms with van der Waals surface area (Å²) in [6.45, 7) is 3.00. The number of ether oxygens (including phenoxy) is 2. The molecule has 1 aliphatic rings. The predicted octanol–water partition coefficient (Wildman–Crippen LogP) is 2.32. The maximum atomic E-state index is 12.5. The highest BCUT2D eigenvalue weighted by Crippen LogP contribution is 2.31. The summed E-state index contributed by atoms with van der Waals surface area (Å²) in [5.41, 5.74) is 0.569. The lowest BCUT2D eigenvalue weighted by Crippen LogP contribution is -2.37. The summed E-state index contributed by atoms with van der Waals surface area (Å²) in [5, 5.41) is 4.17. The lowest BCUT2D eigenvalue weighted by molar-refractivity contribution is 0.0575. The van der Waals surface area contributed by atoms with E-state index < -0.39 is 6.10 Å². The summed E-state index contributed by atoms with van der Waals surface area (Å²) < 4.78 is 13.0. The van der Waals surface area contributed by atoms with Gasteiger partial charge in [0.15, 0.2) is 17.6 Å². The first-order chi connectivity index (χ1) is 9.79. The zero-order chi connectivity index (χ0) is 13.9. The number of Topliss-reactive ketones (excluding diaryl/α,β-unsaturated/α-hetero) is 1. The van der Waals surface area contributed by atoms with Gasteiger partial charge in [0.1, 0.15) is 12.3 Å². The van der Waals surface area contributed by atoms with Gasteiger partial charge in [-0.05, 0) is 24.6 Å². The molecule has 0 saturated heterocycles. The quantitative estimate of drug-likeness (QED) is 0.801. The highest BCUT2D eigenvalue weighted by Gasteiger charge is 2.29. The first-order valence-electron chi connectivity index (χ1n) is 6.74. The van der Waals surface area contributed by atoms with Crippen molar-refractivity contribution in [3.63, 3.8) is 0 Å². The summed E-state index contributed by atoms with van der Waals surface area (Å²) in [4.78, 5) is 12.5. The number of hydrogen-bond acceptors (Lipinski definition) is 4. The number of hydrogen-bond donors (Lipinski definition) is 0. The van der Waals surface area contributed by atoms with Crippen LogP contribution in [0.3, 0.4) is 0 Å². The van der Waals surface area contributed by atoms with Gasteiger partial charge in [0.2, 0.25) is 5.78 Å². The van der Waals surface area contributed by atoms with Crippen LogP contribution in [0, 0.1) is 0 Å². The molecule has 5 heteroatoms. The Kier molecular flexibility index (Phi) is 3.41. The van der Waals surface area contributed by atoms with Crippen LogP contribution in [0.25, 0.3) is 0 Å². The van der Waals surface area contributed by atoms with Gasteiger partial charge in [-0.25, -0.2) is 0 Å². The van der Waals surface area contributed by atoms with Crippen molar-refractivity contribution >= 4 is 5.78 Å². The minimum absolute atomic E-state index is 0.0922. The summed E-state index contributed by atoms with van der Waals surface area (Å²) in [7, 11) is 0. The molecule has 2 heterocycles. The molecule has 0 radical (unpaired) electrons. The second-order valence-electron chi connectivity index (χ2n) is 4.67. The van der Waals surface area contributed by atoms with Crippen molar-refractivity contribution in [3.8, 4) is 11.5 Å². The van der Waals surface area contributed by atoms with Crippen LogP contribution in [-0.2, 0) is 6.54 Å². The predicted molar refractivity (Wildman–Crippen MR) is 73.2 cm³/mol. The Hall–Kier alpha value is -2.30. The number of nitrogens with zero attached hydrogens (tertiary/aromatic N) is 2. The maximum Gasteiger partial charge on any atom is 0.224 e. The van der Waals surface area contributed by atoms with Crippen LogP contribution in [0.4, 0.5) is 0 Å². The number of ketones is 1. The highest BCUT2D eigenvalue weighted by molar-refractivity contribution is 5.98. The number of rotatable bonds is 4. The number of aromatic nitrogens is 2. The standard InChI is InChI=1S/C15H16N2O3/c1-2-9-17-11(7-8-16-17)15(18)14-10-19-12-5-3-4-6-13(12)20-14/h3-8,14H,2,9-10H2,1H3. The summed E-state index contributed by atoms with van der Waals surface area (Å²) >= 11 is 0. The van der Waals surface area contributed by atoms with Crippen LogP contribution in [0.15, 0.2) is 36.5 Å². The van der Waals surface area contributed by atoms with E-state index in [0.717, 1.165) is 13.0 Å².